The first-order valence-electron chi connectivity index (χ1n) is 16.4. The molecule has 3 N–H and O–H groups in total. The first kappa shape index (κ1) is 38.1. The molecule has 0 radical (unpaired) electrons. The second-order valence-corrected chi connectivity index (χ2v) is 11.5. The fourth-order valence-electron chi connectivity index (χ4n) is 6.44. The van der Waals surface area contributed by atoms with E-state index in [0.29, 0.717) is 6.42 Å². The Hall–Kier alpha value is -1.89. The van der Waals surface area contributed by atoms with Crippen molar-refractivity contribution in [3.05, 3.63) is 12.2 Å². The van der Waals surface area contributed by atoms with Gasteiger partial charge in [-0.25, -0.2) is 14.4 Å². The molecule has 234 valence electrons. The van der Waals surface area contributed by atoms with Crippen LogP contribution in [0.25, 0.3) is 0 Å². The highest BCUT2D eigenvalue weighted by molar-refractivity contribution is 5.78. The molecule has 7 nitrogen and oxygen atoms in total. The Labute approximate surface area is 245 Å². The number of unbranched alkanes of at least 4 members (excludes halogenated alkanes) is 15. The number of hydrogen-bond donors (Lipinski definition) is 3. The summed E-state index contributed by atoms with van der Waals surface area (Å²) in [5.74, 6) is -3.35. The van der Waals surface area contributed by atoms with Gasteiger partial charge < -0.3 is 15.3 Å². The Balaban J connectivity index is 4.54. The predicted molar refractivity (Wildman–Crippen MR) is 164 cm³/mol. The number of carboxylic acids is 3. The van der Waals surface area contributed by atoms with E-state index in [9.17, 15) is 29.7 Å². The minimum absolute atomic E-state index is 0.190. The number of allylic oxidation sites excluding steroid dienone is 2. The van der Waals surface area contributed by atoms with E-state index < -0.39 is 40.5 Å². The van der Waals surface area contributed by atoms with E-state index in [1.54, 1.807) is 20.8 Å². The molecule has 3 unspecified atom stereocenters. The molecule has 0 rings (SSSR count). The quantitative estimate of drug-likeness (QED) is 0.0495. The third-order valence-corrected chi connectivity index (χ3v) is 8.56. The number of rotatable bonds is 28. The average molecular weight is 569 g/mol. The number of nitrogens with zero attached hydrogens (tertiary/aromatic N) is 1. The summed E-state index contributed by atoms with van der Waals surface area (Å²) in [6.45, 7) is 7.64. The molecule has 7 heteroatoms. The van der Waals surface area contributed by atoms with Crippen LogP contribution in [0.1, 0.15) is 156 Å². The fraction of sp³-hybridized carbons (Fsp3) is 0.848. The lowest BCUT2D eigenvalue weighted by Crippen LogP contribution is -2.72. The molecule has 0 fully saturated rings. The van der Waals surface area contributed by atoms with Crippen LogP contribution in [0.2, 0.25) is 0 Å². The highest BCUT2D eigenvalue weighted by Gasteiger charge is 2.55. The Morgan fingerprint density at radius 3 is 1.10 bits per heavy atom. The van der Waals surface area contributed by atoms with Crippen molar-refractivity contribution in [3.8, 4) is 0 Å². The third-order valence-electron chi connectivity index (χ3n) is 8.56. The Bertz CT molecular complexity index is 652. The number of quaternary nitrogens is 1. The van der Waals surface area contributed by atoms with Crippen LogP contribution >= 0.6 is 0 Å². The van der Waals surface area contributed by atoms with Gasteiger partial charge in [0.2, 0.25) is 0 Å². The van der Waals surface area contributed by atoms with Crippen molar-refractivity contribution >= 4 is 17.9 Å². The van der Waals surface area contributed by atoms with Crippen molar-refractivity contribution in [1.29, 1.82) is 0 Å². The lowest BCUT2D eigenvalue weighted by molar-refractivity contribution is -0.973. The minimum Gasteiger partial charge on any atom is -0.477 e. The van der Waals surface area contributed by atoms with Gasteiger partial charge in [-0.2, -0.15) is 0 Å². The van der Waals surface area contributed by atoms with Gasteiger partial charge in [-0.3, -0.25) is 4.48 Å². The van der Waals surface area contributed by atoms with Crippen LogP contribution in [0.5, 0.6) is 0 Å². The second-order valence-electron chi connectivity index (χ2n) is 11.5. The molecule has 0 saturated heterocycles. The average Bonchev–Trinajstić information content (AvgIpc) is 2.90. The maximum atomic E-state index is 12.3. The topological polar surface area (TPSA) is 112 Å². The van der Waals surface area contributed by atoms with Gasteiger partial charge in [-0.1, -0.05) is 110 Å². The van der Waals surface area contributed by atoms with Gasteiger partial charge >= 0.3 is 17.9 Å². The van der Waals surface area contributed by atoms with Gasteiger partial charge in [-0.05, 0) is 38.5 Å². The molecule has 0 saturated carbocycles. The maximum Gasteiger partial charge on any atom is 0.362 e. The van der Waals surface area contributed by atoms with Crippen LogP contribution in [0, 0.1) is 0 Å². The van der Waals surface area contributed by atoms with Gasteiger partial charge in [0, 0.05) is 19.3 Å². The Morgan fingerprint density at radius 2 is 0.800 bits per heavy atom. The number of aliphatic carboxylic acids is 3. The zero-order valence-corrected chi connectivity index (χ0v) is 26.2. The molecule has 3 atom stereocenters. The van der Waals surface area contributed by atoms with Gasteiger partial charge in [-0.15, -0.1) is 0 Å². The van der Waals surface area contributed by atoms with E-state index >= 15 is 0 Å². The molecule has 0 aromatic heterocycles. The van der Waals surface area contributed by atoms with Crippen molar-refractivity contribution in [1.82, 2.24) is 0 Å². The monoisotopic (exact) mass is 568 g/mol. The zero-order valence-electron chi connectivity index (χ0n) is 26.2. The summed E-state index contributed by atoms with van der Waals surface area (Å²) in [7, 11) is 0. The van der Waals surface area contributed by atoms with Crippen molar-refractivity contribution in [2.24, 2.45) is 0 Å². The summed E-state index contributed by atoms with van der Waals surface area (Å²) in [6.07, 6.45) is 25.5. The molecular weight excluding hydrogens is 506 g/mol. The van der Waals surface area contributed by atoms with Gasteiger partial charge in [0.25, 0.3) is 0 Å². The van der Waals surface area contributed by atoms with Gasteiger partial charge in [0.1, 0.15) is 0 Å². The molecule has 0 bridgehead atoms. The molecular formula is C33H62NO6+. The van der Waals surface area contributed by atoms with Crippen molar-refractivity contribution in [2.45, 2.75) is 174 Å². The summed E-state index contributed by atoms with van der Waals surface area (Å²) >= 11 is 0. The summed E-state index contributed by atoms with van der Waals surface area (Å²) in [5.41, 5.74) is 0. The van der Waals surface area contributed by atoms with E-state index in [1.807, 2.05) is 0 Å². The fourth-order valence-corrected chi connectivity index (χ4v) is 6.44. The summed E-state index contributed by atoms with van der Waals surface area (Å²) in [4.78, 5) is 36.8. The molecule has 0 aromatic rings. The molecule has 0 heterocycles. The van der Waals surface area contributed by atoms with E-state index in [2.05, 4.69) is 19.1 Å². The largest absolute Gasteiger partial charge is 0.477 e. The van der Waals surface area contributed by atoms with E-state index in [-0.39, 0.29) is 25.8 Å². The third kappa shape index (κ3) is 14.1. The summed E-state index contributed by atoms with van der Waals surface area (Å²) in [5, 5.41) is 30.0. The van der Waals surface area contributed by atoms with Crippen LogP contribution < -0.4 is 0 Å². The van der Waals surface area contributed by atoms with Crippen LogP contribution in [0.4, 0.5) is 0 Å². The summed E-state index contributed by atoms with van der Waals surface area (Å²) in [6, 6.07) is -3.20. The Morgan fingerprint density at radius 1 is 0.500 bits per heavy atom. The standard InChI is InChI=1S/C33H61NO6/c1-5-9-10-11-12-13-14-15-16-17-18-19-20-21-22-23-24-25-26-27-34(28(6-2)31(35)36,29(7-3)32(37)38)30(8-4)33(39)40/h18-19,28-30H,5-17,20-27H2,1-4H3,(H2-,35,36,37,38,39,40)/p+1/b19-18+. The SMILES string of the molecule is CCCCCCCCCCC/C=C/CCCCCCCC[N+](C(CC)C(=O)O)(C(CC)C(=O)O)C(CC)C(=O)O. The van der Waals surface area contributed by atoms with Crippen LogP contribution in [-0.4, -0.2) is 62.4 Å². The van der Waals surface area contributed by atoms with Gasteiger partial charge in [0.15, 0.2) is 18.1 Å². The van der Waals surface area contributed by atoms with Crippen LogP contribution in [0.15, 0.2) is 12.2 Å². The normalized spacial score (nSPS) is 15.5. The molecule has 40 heavy (non-hydrogen) atoms. The number of hydrogen-bond acceptors (Lipinski definition) is 3. The number of carboxylic acid groups (broad SMARTS) is 3. The van der Waals surface area contributed by atoms with Crippen molar-refractivity contribution in [3.63, 3.8) is 0 Å². The minimum atomic E-state index is -1.12. The lowest BCUT2D eigenvalue weighted by atomic mass is 9.93. The first-order chi connectivity index (χ1) is 19.2. The first-order valence-corrected chi connectivity index (χ1v) is 16.4. The predicted octanol–water partition coefficient (Wildman–Crippen LogP) is 8.60. The molecule has 0 aromatic carbocycles. The van der Waals surface area contributed by atoms with Gasteiger partial charge in [0.05, 0.1) is 6.54 Å². The van der Waals surface area contributed by atoms with Crippen LogP contribution in [-0.2, 0) is 14.4 Å². The van der Waals surface area contributed by atoms with Crippen molar-refractivity contribution in [2.75, 3.05) is 6.54 Å². The maximum absolute atomic E-state index is 12.3. The number of carbonyl (C=O) groups is 3. The van der Waals surface area contributed by atoms with E-state index in [0.717, 1.165) is 38.5 Å². The molecule has 0 amide bonds. The highest BCUT2D eigenvalue weighted by Crippen LogP contribution is 2.32. The highest BCUT2D eigenvalue weighted by atomic mass is 16.4. The van der Waals surface area contributed by atoms with E-state index in [1.165, 1.54) is 64.2 Å². The zero-order chi connectivity index (χ0) is 30.2. The second kappa shape index (κ2) is 23.8. The lowest BCUT2D eigenvalue weighted by Gasteiger charge is -2.49. The molecule has 0 aliphatic carbocycles. The smallest absolute Gasteiger partial charge is 0.362 e. The molecule has 0 spiro atoms. The van der Waals surface area contributed by atoms with E-state index in [4.69, 9.17) is 0 Å². The van der Waals surface area contributed by atoms with Crippen LogP contribution in [0.3, 0.4) is 0 Å². The summed E-state index contributed by atoms with van der Waals surface area (Å²) < 4.78 is -0.409. The van der Waals surface area contributed by atoms with Crippen molar-refractivity contribution < 1.29 is 34.2 Å². The molecule has 0 aliphatic rings. The molecule has 0 aliphatic heterocycles. The Kier molecular flexibility index (Phi) is 22.7.